The highest BCUT2D eigenvalue weighted by Gasteiger charge is 2.27. The molecule has 0 aliphatic heterocycles. The minimum Gasteiger partial charge on any atom is -0.372 e. The first-order valence-electron chi connectivity index (χ1n) is 7.49. The van der Waals surface area contributed by atoms with Crippen molar-refractivity contribution in [1.29, 1.82) is 0 Å². The summed E-state index contributed by atoms with van der Waals surface area (Å²) in [6.07, 6.45) is 2.46. The molecule has 1 atom stereocenters. The normalized spacial score (nSPS) is 13.6. The smallest absolute Gasteiger partial charge is 0.372 e. The molecule has 1 rings (SSSR count). The zero-order valence-electron chi connectivity index (χ0n) is 12.7. The fraction of sp³-hybridized carbons (Fsp3) is 0.733. The second-order valence-electron chi connectivity index (χ2n) is 5.12. The van der Waals surface area contributed by atoms with Crippen LogP contribution in [-0.2, 0) is 11.3 Å². The third kappa shape index (κ3) is 7.52. The average molecular weight is 306 g/mol. The number of halogens is 3. The van der Waals surface area contributed by atoms with Gasteiger partial charge in [0.05, 0.1) is 0 Å². The first kappa shape index (κ1) is 18.0. The van der Waals surface area contributed by atoms with E-state index in [0.29, 0.717) is 19.0 Å². The van der Waals surface area contributed by atoms with E-state index in [2.05, 4.69) is 36.2 Å². The molecule has 0 fully saturated rings. The van der Waals surface area contributed by atoms with Crippen molar-refractivity contribution in [2.75, 3.05) is 19.8 Å². The number of hydrogen-bond acceptors (Lipinski definition) is 2. The van der Waals surface area contributed by atoms with Gasteiger partial charge in [0.15, 0.2) is 0 Å². The summed E-state index contributed by atoms with van der Waals surface area (Å²) in [4.78, 5) is 0. The molecule has 0 bridgehead atoms. The molecule has 0 spiro atoms. The molecule has 1 unspecified atom stereocenters. The van der Waals surface area contributed by atoms with Crippen molar-refractivity contribution in [3.8, 4) is 0 Å². The van der Waals surface area contributed by atoms with Crippen molar-refractivity contribution in [3.63, 3.8) is 0 Å². The van der Waals surface area contributed by atoms with Gasteiger partial charge >= 0.3 is 6.18 Å². The summed E-state index contributed by atoms with van der Waals surface area (Å²) in [5.41, 5.74) is 1.22. The van der Waals surface area contributed by atoms with E-state index in [1.807, 2.05) is 10.8 Å². The second-order valence-corrected chi connectivity index (χ2v) is 5.12. The molecule has 1 aromatic rings. The Balaban J connectivity index is 2.31. The summed E-state index contributed by atoms with van der Waals surface area (Å²) in [7, 11) is 0. The van der Waals surface area contributed by atoms with Crippen molar-refractivity contribution in [2.45, 2.75) is 51.9 Å². The Hall–Kier alpha value is -1.01. The van der Waals surface area contributed by atoms with Crippen LogP contribution in [0.15, 0.2) is 18.5 Å². The number of hydrogen-bond donors (Lipinski definition) is 1. The van der Waals surface area contributed by atoms with Crippen LogP contribution in [0.1, 0.15) is 44.7 Å². The molecule has 0 radical (unpaired) electrons. The summed E-state index contributed by atoms with van der Waals surface area (Å²) in [5.74, 6) is 0. The van der Waals surface area contributed by atoms with E-state index in [1.165, 1.54) is 5.56 Å². The van der Waals surface area contributed by atoms with Gasteiger partial charge in [-0.3, -0.25) is 0 Å². The van der Waals surface area contributed by atoms with Gasteiger partial charge in [0.2, 0.25) is 0 Å². The van der Waals surface area contributed by atoms with Crippen molar-refractivity contribution < 1.29 is 17.9 Å². The van der Waals surface area contributed by atoms with Crippen molar-refractivity contribution in [3.05, 3.63) is 24.0 Å². The Morgan fingerprint density at radius 2 is 2.10 bits per heavy atom. The van der Waals surface area contributed by atoms with Gasteiger partial charge in [0.1, 0.15) is 6.61 Å². The number of ether oxygens (including phenoxy) is 1. The lowest BCUT2D eigenvalue weighted by Crippen LogP contribution is -2.21. The highest BCUT2D eigenvalue weighted by atomic mass is 19.4. The maximum Gasteiger partial charge on any atom is 0.411 e. The Morgan fingerprint density at radius 1 is 1.33 bits per heavy atom. The number of nitrogens with zero attached hydrogens (tertiary/aromatic N) is 1. The van der Waals surface area contributed by atoms with E-state index in [1.54, 1.807) is 0 Å². The lowest BCUT2D eigenvalue weighted by atomic mass is 10.1. The molecule has 3 nitrogen and oxygen atoms in total. The molecule has 0 aromatic carbocycles. The minimum atomic E-state index is -4.24. The highest BCUT2D eigenvalue weighted by molar-refractivity contribution is 5.15. The van der Waals surface area contributed by atoms with E-state index in [-0.39, 0.29) is 6.61 Å². The van der Waals surface area contributed by atoms with E-state index in [0.717, 1.165) is 19.4 Å². The third-order valence-electron chi connectivity index (χ3n) is 3.20. The molecule has 0 saturated carbocycles. The van der Waals surface area contributed by atoms with Crippen LogP contribution in [0.25, 0.3) is 0 Å². The van der Waals surface area contributed by atoms with Gasteiger partial charge in [0.25, 0.3) is 0 Å². The number of aryl methyl sites for hydroxylation is 1. The fourth-order valence-corrected chi connectivity index (χ4v) is 2.16. The van der Waals surface area contributed by atoms with Gasteiger partial charge in [-0.1, -0.05) is 13.8 Å². The molecule has 0 aliphatic carbocycles. The summed E-state index contributed by atoms with van der Waals surface area (Å²) >= 11 is 0. The Morgan fingerprint density at radius 3 is 2.71 bits per heavy atom. The quantitative estimate of drug-likeness (QED) is 0.663. The molecule has 1 heterocycles. The van der Waals surface area contributed by atoms with Crippen LogP contribution in [0, 0.1) is 0 Å². The minimum absolute atomic E-state index is 0.123. The molecule has 21 heavy (non-hydrogen) atoms. The van der Waals surface area contributed by atoms with Crippen LogP contribution in [0.4, 0.5) is 13.2 Å². The molecule has 0 saturated heterocycles. The lowest BCUT2D eigenvalue weighted by molar-refractivity contribution is -0.174. The fourth-order valence-electron chi connectivity index (χ4n) is 2.16. The number of nitrogens with one attached hydrogen (secondary N) is 1. The van der Waals surface area contributed by atoms with Crippen LogP contribution >= 0.6 is 0 Å². The first-order valence-corrected chi connectivity index (χ1v) is 7.49. The molecule has 1 aromatic heterocycles. The number of aromatic nitrogens is 1. The van der Waals surface area contributed by atoms with Gasteiger partial charge < -0.3 is 14.6 Å². The molecule has 1 N–H and O–H groups in total. The Bertz CT molecular complexity index is 391. The van der Waals surface area contributed by atoms with Crippen LogP contribution in [0.3, 0.4) is 0 Å². The number of rotatable bonds is 10. The summed E-state index contributed by atoms with van der Waals surface area (Å²) < 4.78 is 42.3. The van der Waals surface area contributed by atoms with E-state index < -0.39 is 12.8 Å². The predicted octanol–water partition coefficient (Wildman–Crippen LogP) is 3.91. The van der Waals surface area contributed by atoms with Crippen LogP contribution < -0.4 is 5.32 Å². The monoisotopic (exact) mass is 306 g/mol. The zero-order valence-corrected chi connectivity index (χ0v) is 12.7. The van der Waals surface area contributed by atoms with E-state index >= 15 is 0 Å². The second kappa shape index (κ2) is 9.10. The van der Waals surface area contributed by atoms with Crippen molar-refractivity contribution in [1.82, 2.24) is 9.88 Å². The van der Waals surface area contributed by atoms with E-state index in [4.69, 9.17) is 0 Å². The maximum atomic E-state index is 11.9. The van der Waals surface area contributed by atoms with Gasteiger partial charge in [0, 0.05) is 31.6 Å². The first-order chi connectivity index (χ1) is 9.96. The molecule has 122 valence electrons. The van der Waals surface area contributed by atoms with Gasteiger partial charge in [-0.05, 0) is 37.4 Å². The topological polar surface area (TPSA) is 26.2 Å². The predicted molar refractivity (Wildman–Crippen MR) is 77.2 cm³/mol. The summed E-state index contributed by atoms with van der Waals surface area (Å²) in [6, 6.07) is 2.40. The van der Waals surface area contributed by atoms with Crippen molar-refractivity contribution >= 4 is 0 Å². The summed E-state index contributed by atoms with van der Waals surface area (Å²) in [6.45, 7) is 4.87. The van der Waals surface area contributed by atoms with Crippen LogP contribution in [-0.4, -0.2) is 30.5 Å². The third-order valence-corrected chi connectivity index (χ3v) is 3.20. The average Bonchev–Trinajstić information content (AvgIpc) is 2.87. The lowest BCUT2D eigenvalue weighted by Gasteiger charge is -2.15. The molecular weight excluding hydrogens is 281 g/mol. The SMILES string of the molecule is CCCNC(CC)c1ccn(CCCOCC(F)(F)F)c1. The molecule has 0 amide bonds. The Labute approximate surface area is 124 Å². The molecular formula is C15H25F3N2O. The zero-order chi connectivity index (χ0) is 15.7. The highest BCUT2D eigenvalue weighted by Crippen LogP contribution is 2.17. The standard InChI is InChI=1S/C15H25F3N2O/c1-3-7-19-14(4-2)13-6-9-20(11-13)8-5-10-21-12-15(16,17)18/h6,9,11,14,19H,3-5,7-8,10,12H2,1-2H3. The van der Waals surface area contributed by atoms with E-state index in [9.17, 15) is 13.2 Å². The Kier molecular flexibility index (Phi) is 7.82. The largest absolute Gasteiger partial charge is 0.411 e. The van der Waals surface area contributed by atoms with Crippen molar-refractivity contribution in [2.24, 2.45) is 0 Å². The van der Waals surface area contributed by atoms with Gasteiger partial charge in [-0.25, -0.2) is 0 Å². The van der Waals surface area contributed by atoms with Crippen LogP contribution in [0.5, 0.6) is 0 Å². The summed E-state index contributed by atoms with van der Waals surface area (Å²) in [5, 5.41) is 3.48. The number of alkyl halides is 3. The molecule has 6 heteroatoms. The molecule has 0 aliphatic rings. The maximum absolute atomic E-state index is 11.9. The van der Waals surface area contributed by atoms with Gasteiger partial charge in [-0.15, -0.1) is 0 Å². The van der Waals surface area contributed by atoms with Gasteiger partial charge in [-0.2, -0.15) is 13.2 Å². The van der Waals surface area contributed by atoms with Crippen LogP contribution in [0.2, 0.25) is 0 Å².